The van der Waals surface area contributed by atoms with Crippen LogP contribution in [0.1, 0.15) is 37.8 Å². The van der Waals surface area contributed by atoms with Crippen LogP contribution in [0.15, 0.2) is 60.7 Å². The number of carbonyl (C=O) groups is 2. The lowest BCUT2D eigenvalue weighted by Crippen LogP contribution is -2.53. The van der Waals surface area contributed by atoms with Gasteiger partial charge in [0.2, 0.25) is 5.91 Å². The van der Waals surface area contributed by atoms with Crippen LogP contribution in [0, 0.1) is 0 Å². The van der Waals surface area contributed by atoms with Crippen molar-refractivity contribution < 1.29 is 14.3 Å². The molecule has 2 aromatic rings. The van der Waals surface area contributed by atoms with Gasteiger partial charge in [-0.2, -0.15) is 0 Å². The van der Waals surface area contributed by atoms with Crippen LogP contribution < -0.4 is 10.6 Å². The van der Waals surface area contributed by atoms with Crippen molar-refractivity contribution in [3.8, 4) is 0 Å². The number of benzene rings is 2. The minimum absolute atomic E-state index is 0.128. The number of alkyl carbamates (subject to hydrolysis) is 1. The maximum atomic E-state index is 13.0. The Balaban J connectivity index is 1.57. The molecule has 3 rings (SSSR count). The second-order valence-corrected chi connectivity index (χ2v) is 8.36. The van der Waals surface area contributed by atoms with Crippen molar-refractivity contribution in [3.63, 3.8) is 0 Å². The molecule has 6 heteroatoms. The first kappa shape index (κ1) is 22.8. The van der Waals surface area contributed by atoms with E-state index in [4.69, 9.17) is 4.74 Å². The zero-order valence-electron chi connectivity index (χ0n) is 18.4. The average molecular weight is 424 g/mol. The van der Waals surface area contributed by atoms with Gasteiger partial charge in [0.1, 0.15) is 12.6 Å². The molecular weight excluding hydrogens is 390 g/mol. The number of hydrogen-bond donors (Lipinski definition) is 2. The summed E-state index contributed by atoms with van der Waals surface area (Å²) in [6, 6.07) is 19.2. The van der Waals surface area contributed by atoms with Crippen LogP contribution in [0.5, 0.6) is 0 Å². The van der Waals surface area contributed by atoms with Crippen molar-refractivity contribution in [1.82, 2.24) is 15.5 Å². The second kappa shape index (κ2) is 11.5. The molecule has 1 saturated heterocycles. The highest BCUT2D eigenvalue weighted by molar-refractivity contribution is 5.86. The summed E-state index contributed by atoms with van der Waals surface area (Å²) in [5.41, 5.74) is 1.89. The Hall–Kier alpha value is -2.86. The summed E-state index contributed by atoms with van der Waals surface area (Å²) in [7, 11) is 0. The molecule has 1 atom stereocenters. The third-order valence-electron chi connectivity index (χ3n) is 5.71. The predicted octanol–water partition coefficient (Wildman–Crippen LogP) is 3.51. The van der Waals surface area contributed by atoms with Gasteiger partial charge in [0.15, 0.2) is 0 Å². The molecule has 1 aliphatic rings. The standard InChI is InChI=1S/C25H33N3O3/c1-19(2)28-15-13-22(14-16-28)26-24(29)23(17-20-9-5-3-6-10-20)27-25(30)31-18-21-11-7-4-8-12-21/h3-12,19,22-23H,13-18H2,1-2H3,(H,26,29)(H,27,30)/t23-/m0/s1. The molecule has 2 N–H and O–H groups in total. The van der Waals surface area contributed by atoms with Crippen molar-refractivity contribution in [2.75, 3.05) is 13.1 Å². The Morgan fingerprint density at radius 3 is 2.13 bits per heavy atom. The number of amides is 2. The van der Waals surface area contributed by atoms with E-state index in [9.17, 15) is 9.59 Å². The van der Waals surface area contributed by atoms with E-state index in [1.807, 2.05) is 60.7 Å². The summed E-state index contributed by atoms with van der Waals surface area (Å²) >= 11 is 0. The Bertz CT molecular complexity index is 818. The van der Waals surface area contributed by atoms with Crippen molar-refractivity contribution in [1.29, 1.82) is 0 Å². The van der Waals surface area contributed by atoms with E-state index >= 15 is 0 Å². The monoisotopic (exact) mass is 423 g/mol. The van der Waals surface area contributed by atoms with Crippen molar-refractivity contribution in [2.24, 2.45) is 0 Å². The second-order valence-electron chi connectivity index (χ2n) is 8.36. The first-order valence-electron chi connectivity index (χ1n) is 11.1. The smallest absolute Gasteiger partial charge is 0.408 e. The number of nitrogens with zero attached hydrogens (tertiary/aromatic N) is 1. The number of piperidine rings is 1. The van der Waals surface area contributed by atoms with Gasteiger partial charge >= 0.3 is 6.09 Å². The average Bonchev–Trinajstić information content (AvgIpc) is 2.79. The third kappa shape index (κ3) is 7.40. The van der Waals surface area contributed by atoms with Gasteiger partial charge in [-0.05, 0) is 37.8 Å². The summed E-state index contributed by atoms with van der Waals surface area (Å²) in [4.78, 5) is 27.9. The molecule has 1 heterocycles. The van der Waals surface area contributed by atoms with Gasteiger partial charge in [-0.25, -0.2) is 4.79 Å². The van der Waals surface area contributed by atoms with Crippen molar-refractivity contribution in [2.45, 2.75) is 57.8 Å². The van der Waals surface area contributed by atoms with Crippen LogP contribution in [-0.2, 0) is 22.6 Å². The SMILES string of the molecule is CC(C)N1CCC(NC(=O)[C@H](Cc2ccccc2)NC(=O)OCc2ccccc2)CC1. The van der Waals surface area contributed by atoms with E-state index in [1.54, 1.807) is 0 Å². The number of nitrogens with one attached hydrogen (secondary N) is 2. The molecular formula is C25H33N3O3. The predicted molar refractivity (Wildman–Crippen MR) is 122 cm³/mol. The third-order valence-corrected chi connectivity index (χ3v) is 5.71. The summed E-state index contributed by atoms with van der Waals surface area (Å²) in [6.07, 6.45) is 1.66. The van der Waals surface area contributed by atoms with Gasteiger partial charge < -0.3 is 20.3 Å². The largest absolute Gasteiger partial charge is 0.445 e. The van der Waals surface area contributed by atoms with E-state index in [-0.39, 0.29) is 18.6 Å². The van der Waals surface area contributed by atoms with Crippen molar-refractivity contribution in [3.05, 3.63) is 71.8 Å². The molecule has 0 aliphatic carbocycles. The fourth-order valence-electron chi connectivity index (χ4n) is 3.83. The molecule has 166 valence electrons. The highest BCUT2D eigenvalue weighted by atomic mass is 16.5. The van der Waals surface area contributed by atoms with Gasteiger partial charge in [-0.3, -0.25) is 4.79 Å². The van der Waals surface area contributed by atoms with Gasteiger partial charge in [0, 0.05) is 31.6 Å². The molecule has 2 aromatic carbocycles. The van der Waals surface area contributed by atoms with Crippen molar-refractivity contribution >= 4 is 12.0 Å². The molecule has 0 aromatic heterocycles. The van der Waals surface area contributed by atoms with Crippen LogP contribution in [0.25, 0.3) is 0 Å². The summed E-state index contributed by atoms with van der Waals surface area (Å²) in [6.45, 7) is 6.50. The van der Waals surface area contributed by atoms with Crippen LogP contribution in [0.2, 0.25) is 0 Å². The van der Waals surface area contributed by atoms with E-state index in [1.165, 1.54) is 0 Å². The first-order chi connectivity index (χ1) is 15.0. The molecule has 6 nitrogen and oxygen atoms in total. The lowest BCUT2D eigenvalue weighted by molar-refractivity contribution is -0.124. The van der Waals surface area contributed by atoms with E-state index in [0.717, 1.165) is 37.1 Å². The fraction of sp³-hybridized carbons (Fsp3) is 0.440. The van der Waals surface area contributed by atoms with Crippen LogP contribution >= 0.6 is 0 Å². The topological polar surface area (TPSA) is 70.7 Å². The normalized spacial score (nSPS) is 16.0. The maximum absolute atomic E-state index is 13.0. The molecule has 0 radical (unpaired) electrons. The van der Waals surface area contributed by atoms with Gasteiger partial charge in [0.05, 0.1) is 0 Å². The number of rotatable bonds is 8. The minimum Gasteiger partial charge on any atom is -0.445 e. The zero-order chi connectivity index (χ0) is 22.1. The Morgan fingerprint density at radius 2 is 1.55 bits per heavy atom. The van der Waals surface area contributed by atoms with E-state index in [2.05, 4.69) is 29.4 Å². The van der Waals surface area contributed by atoms with Crippen LogP contribution in [0.3, 0.4) is 0 Å². The van der Waals surface area contributed by atoms with Gasteiger partial charge in [-0.15, -0.1) is 0 Å². The fourth-order valence-corrected chi connectivity index (χ4v) is 3.83. The zero-order valence-corrected chi connectivity index (χ0v) is 18.4. The van der Waals surface area contributed by atoms with E-state index < -0.39 is 12.1 Å². The molecule has 1 aliphatic heterocycles. The Kier molecular flexibility index (Phi) is 8.47. The summed E-state index contributed by atoms with van der Waals surface area (Å²) < 4.78 is 5.34. The van der Waals surface area contributed by atoms with Crippen LogP contribution in [-0.4, -0.2) is 48.1 Å². The lowest BCUT2D eigenvalue weighted by atomic mass is 10.0. The van der Waals surface area contributed by atoms with E-state index in [0.29, 0.717) is 12.5 Å². The maximum Gasteiger partial charge on any atom is 0.408 e. The lowest BCUT2D eigenvalue weighted by Gasteiger charge is -2.35. The van der Waals surface area contributed by atoms with Gasteiger partial charge in [-0.1, -0.05) is 60.7 Å². The number of ether oxygens (including phenoxy) is 1. The molecule has 0 bridgehead atoms. The molecule has 1 fully saturated rings. The highest BCUT2D eigenvalue weighted by Crippen LogP contribution is 2.14. The molecule has 31 heavy (non-hydrogen) atoms. The molecule has 0 spiro atoms. The highest BCUT2D eigenvalue weighted by Gasteiger charge is 2.27. The summed E-state index contributed by atoms with van der Waals surface area (Å²) in [5.74, 6) is -0.163. The summed E-state index contributed by atoms with van der Waals surface area (Å²) in [5, 5.41) is 5.91. The first-order valence-corrected chi connectivity index (χ1v) is 11.1. The minimum atomic E-state index is -0.686. The number of likely N-dealkylation sites (tertiary alicyclic amines) is 1. The van der Waals surface area contributed by atoms with Gasteiger partial charge in [0.25, 0.3) is 0 Å². The quantitative estimate of drug-likeness (QED) is 0.682. The number of hydrogen-bond acceptors (Lipinski definition) is 4. The molecule has 2 amide bonds. The van der Waals surface area contributed by atoms with Crippen LogP contribution in [0.4, 0.5) is 4.79 Å². The Morgan fingerprint density at radius 1 is 0.968 bits per heavy atom. The Labute approximate surface area is 185 Å². The molecule has 0 unspecified atom stereocenters. The molecule has 0 saturated carbocycles. The number of carbonyl (C=O) groups excluding carboxylic acids is 2.